The Balaban J connectivity index is 0.00000312. The van der Waals surface area contributed by atoms with Gasteiger partial charge in [-0.25, -0.2) is 0 Å². The van der Waals surface area contributed by atoms with Crippen LogP contribution in [-0.4, -0.2) is 37.9 Å². The molecule has 0 atom stereocenters. The van der Waals surface area contributed by atoms with E-state index in [1.54, 1.807) is 36.4 Å². The van der Waals surface area contributed by atoms with E-state index in [1.165, 1.54) is 0 Å². The Labute approximate surface area is 154 Å². The lowest BCUT2D eigenvalue weighted by molar-refractivity contribution is -0.123. The van der Waals surface area contributed by atoms with E-state index >= 15 is 0 Å². The molecule has 6 heteroatoms. The molecule has 0 saturated heterocycles. The highest BCUT2D eigenvalue weighted by atomic mass is 35.5. The highest BCUT2D eigenvalue weighted by Gasteiger charge is 2.08. The summed E-state index contributed by atoms with van der Waals surface area (Å²) >= 11 is 0. The van der Waals surface area contributed by atoms with Crippen molar-refractivity contribution in [3.63, 3.8) is 0 Å². The predicted octanol–water partition coefficient (Wildman–Crippen LogP) is 2.44. The molecule has 5 nitrogen and oxygen atoms in total. The van der Waals surface area contributed by atoms with Gasteiger partial charge in [-0.1, -0.05) is 37.3 Å². The first kappa shape index (κ1) is 20.7. The summed E-state index contributed by atoms with van der Waals surface area (Å²) < 4.78 is 5.42. The van der Waals surface area contributed by atoms with Gasteiger partial charge in [0.15, 0.2) is 12.4 Å². The summed E-state index contributed by atoms with van der Waals surface area (Å²) in [7, 11) is 0. The second-order valence-corrected chi connectivity index (χ2v) is 5.21. The Morgan fingerprint density at radius 1 is 0.920 bits per heavy atom. The fourth-order valence-corrected chi connectivity index (χ4v) is 2.13. The van der Waals surface area contributed by atoms with Gasteiger partial charge in [0.05, 0.1) is 0 Å². The van der Waals surface area contributed by atoms with Gasteiger partial charge < -0.3 is 15.4 Å². The van der Waals surface area contributed by atoms with Crippen molar-refractivity contribution in [2.24, 2.45) is 0 Å². The molecule has 2 rings (SSSR count). The van der Waals surface area contributed by atoms with Crippen LogP contribution in [0.15, 0.2) is 54.6 Å². The number of benzene rings is 2. The SMILES string of the molecule is CCNCCNC(=O)COc1ccc(C(=O)c2ccccc2)cc1.Cl. The fraction of sp³-hybridized carbons (Fsp3) is 0.263. The van der Waals surface area contributed by atoms with E-state index < -0.39 is 0 Å². The van der Waals surface area contributed by atoms with E-state index in [0.29, 0.717) is 23.4 Å². The molecule has 0 unspecified atom stereocenters. The number of hydrogen-bond donors (Lipinski definition) is 2. The van der Waals surface area contributed by atoms with Gasteiger partial charge in [-0.3, -0.25) is 9.59 Å². The number of rotatable bonds is 9. The second-order valence-electron chi connectivity index (χ2n) is 5.21. The highest BCUT2D eigenvalue weighted by Crippen LogP contribution is 2.15. The quantitative estimate of drug-likeness (QED) is 0.531. The van der Waals surface area contributed by atoms with E-state index in [2.05, 4.69) is 10.6 Å². The number of hydrogen-bond acceptors (Lipinski definition) is 4. The zero-order valence-electron chi connectivity index (χ0n) is 14.2. The van der Waals surface area contributed by atoms with Crippen molar-refractivity contribution < 1.29 is 14.3 Å². The lowest BCUT2D eigenvalue weighted by Gasteiger charge is -2.08. The zero-order valence-corrected chi connectivity index (χ0v) is 15.0. The van der Waals surface area contributed by atoms with Crippen molar-refractivity contribution >= 4 is 24.1 Å². The summed E-state index contributed by atoms with van der Waals surface area (Å²) in [6, 6.07) is 15.9. The van der Waals surface area contributed by atoms with Gasteiger partial charge in [-0.2, -0.15) is 0 Å². The Kier molecular flexibility index (Phi) is 9.29. The average molecular weight is 363 g/mol. The third-order valence-corrected chi connectivity index (χ3v) is 3.40. The molecule has 0 aromatic heterocycles. The van der Waals surface area contributed by atoms with Crippen molar-refractivity contribution in [2.45, 2.75) is 6.92 Å². The van der Waals surface area contributed by atoms with Crippen molar-refractivity contribution in [3.05, 3.63) is 65.7 Å². The van der Waals surface area contributed by atoms with Crippen LogP contribution in [0.25, 0.3) is 0 Å². The summed E-state index contributed by atoms with van der Waals surface area (Å²) in [5.74, 6) is 0.349. The Morgan fingerprint density at radius 2 is 1.56 bits per heavy atom. The van der Waals surface area contributed by atoms with Crippen LogP contribution >= 0.6 is 12.4 Å². The number of ether oxygens (including phenoxy) is 1. The number of ketones is 1. The first-order chi connectivity index (χ1) is 11.7. The lowest BCUT2D eigenvalue weighted by atomic mass is 10.0. The number of nitrogens with one attached hydrogen (secondary N) is 2. The Morgan fingerprint density at radius 3 is 2.20 bits per heavy atom. The molecule has 2 aromatic rings. The van der Waals surface area contributed by atoms with Crippen LogP contribution in [0, 0.1) is 0 Å². The molecule has 0 aliphatic rings. The molecule has 2 aromatic carbocycles. The zero-order chi connectivity index (χ0) is 17.2. The molecule has 0 heterocycles. The topological polar surface area (TPSA) is 67.4 Å². The summed E-state index contributed by atoms with van der Waals surface area (Å²) in [4.78, 5) is 23.9. The molecule has 0 saturated carbocycles. The number of likely N-dealkylation sites (N-methyl/N-ethyl adjacent to an activating group) is 1. The molecule has 0 spiro atoms. The molecule has 134 valence electrons. The standard InChI is InChI=1S/C19H22N2O3.ClH/c1-2-20-12-13-21-18(22)14-24-17-10-8-16(9-11-17)19(23)15-6-4-3-5-7-15;/h3-11,20H,2,12-14H2,1H3,(H,21,22);1H. The van der Waals surface area contributed by atoms with Gasteiger partial charge in [-0.15, -0.1) is 12.4 Å². The monoisotopic (exact) mass is 362 g/mol. The Hall–Kier alpha value is -2.37. The molecule has 0 fully saturated rings. The van der Waals surface area contributed by atoms with Crippen molar-refractivity contribution in [1.29, 1.82) is 0 Å². The molecule has 2 N–H and O–H groups in total. The molecule has 0 aliphatic heterocycles. The largest absolute Gasteiger partial charge is 0.484 e. The van der Waals surface area contributed by atoms with E-state index in [9.17, 15) is 9.59 Å². The minimum Gasteiger partial charge on any atom is -0.484 e. The number of amides is 1. The summed E-state index contributed by atoms with van der Waals surface area (Å²) in [5, 5.41) is 5.88. The smallest absolute Gasteiger partial charge is 0.257 e. The first-order valence-corrected chi connectivity index (χ1v) is 8.00. The van der Waals surface area contributed by atoms with Crippen LogP contribution in [0.2, 0.25) is 0 Å². The van der Waals surface area contributed by atoms with Crippen LogP contribution in [-0.2, 0) is 4.79 Å². The van der Waals surface area contributed by atoms with Gasteiger partial charge in [0.25, 0.3) is 5.91 Å². The third-order valence-electron chi connectivity index (χ3n) is 3.40. The molecule has 0 aliphatic carbocycles. The lowest BCUT2D eigenvalue weighted by Crippen LogP contribution is -2.34. The van der Waals surface area contributed by atoms with Gasteiger partial charge in [0.1, 0.15) is 5.75 Å². The van der Waals surface area contributed by atoms with Gasteiger partial charge in [0.2, 0.25) is 0 Å². The maximum Gasteiger partial charge on any atom is 0.257 e. The van der Waals surface area contributed by atoms with E-state index in [0.717, 1.165) is 13.1 Å². The van der Waals surface area contributed by atoms with Crippen LogP contribution in [0.4, 0.5) is 0 Å². The van der Waals surface area contributed by atoms with E-state index in [1.807, 2.05) is 25.1 Å². The summed E-state index contributed by atoms with van der Waals surface area (Å²) in [6.45, 7) is 4.15. The molecular weight excluding hydrogens is 340 g/mol. The molecule has 0 radical (unpaired) electrons. The minimum atomic E-state index is -0.169. The van der Waals surface area contributed by atoms with Crippen molar-refractivity contribution in [2.75, 3.05) is 26.2 Å². The maximum absolute atomic E-state index is 12.3. The predicted molar refractivity (Wildman–Crippen MR) is 101 cm³/mol. The molecule has 25 heavy (non-hydrogen) atoms. The van der Waals surface area contributed by atoms with E-state index in [-0.39, 0.29) is 30.7 Å². The minimum absolute atomic E-state index is 0. The molecular formula is C19H23ClN2O3. The Bertz CT molecular complexity index is 660. The van der Waals surface area contributed by atoms with Crippen molar-refractivity contribution in [1.82, 2.24) is 10.6 Å². The number of halogens is 1. The van der Waals surface area contributed by atoms with Crippen LogP contribution in [0.1, 0.15) is 22.8 Å². The van der Waals surface area contributed by atoms with Crippen LogP contribution < -0.4 is 15.4 Å². The van der Waals surface area contributed by atoms with Crippen LogP contribution in [0.5, 0.6) is 5.75 Å². The van der Waals surface area contributed by atoms with Crippen molar-refractivity contribution in [3.8, 4) is 5.75 Å². The third kappa shape index (κ3) is 6.95. The van der Waals surface area contributed by atoms with E-state index in [4.69, 9.17) is 4.74 Å². The van der Waals surface area contributed by atoms with Gasteiger partial charge in [0, 0.05) is 24.2 Å². The van der Waals surface area contributed by atoms with Gasteiger partial charge in [-0.05, 0) is 30.8 Å². The molecule has 1 amide bonds. The van der Waals surface area contributed by atoms with Crippen LogP contribution in [0.3, 0.4) is 0 Å². The average Bonchev–Trinajstić information content (AvgIpc) is 2.64. The fourth-order valence-electron chi connectivity index (χ4n) is 2.13. The summed E-state index contributed by atoms with van der Waals surface area (Å²) in [6.07, 6.45) is 0. The maximum atomic E-state index is 12.3. The second kappa shape index (κ2) is 11.2. The summed E-state index contributed by atoms with van der Waals surface area (Å²) in [5.41, 5.74) is 1.23. The number of carbonyl (C=O) groups is 2. The normalized spacial score (nSPS) is 9.80. The number of carbonyl (C=O) groups excluding carboxylic acids is 2. The highest BCUT2D eigenvalue weighted by molar-refractivity contribution is 6.08. The first-order valence-electron chi connectivity index (χ1n) is 8.00. The molecule has 0 bridgehead atoms. The van der Waals surface area contributed by atoms with Gasteiger partial charge >= 0.3 is 0 Å².